The maximum atomic E-state index is 13.8. The molecule has 1 aliphatic heterocycles. The molecule has 1 aliphatic rings. The number of carbonyl (C=O) groups excluding carboxylic acids is 1. The van der Waals surface area contributed by atoms with Gasteiger partial charge in [-0.05, 0) is 30.7 Å². The Hall–Kier alpha value is -3.97. The van der Waals surface area contributed by atoms with Gasteiger partial charge >= 0.3 is 11.7 Å². The zero-order chi connectivity index (χ0) is 22.1. The second-order valence-corrected chi connectivity index (χ2v) is 7.78. The number of halogens is 1. The number of aromatic nitrogens is 1. The lowest BCUT2D eigenvalue weighted by Crippen LogP contribution is -2.38. The van der Waals surface area contributed by atoms with Gasteiger partial charge < -0.3 is 5.32 Å². The Labute approximate surface area is 179 Å². The van der Waals surface area contributed by atoms with E-state index >= 15 is 0 Å². The van der Waals surface area contributed by atoms with Crippen LogP contribution >= 0.6 is 11.3 Å². The predicted octanol–water partition coefficient (Wildman–Crippen LogP) is 4.74. The fourth-order valence-electron chi connectivity index (χ4n) is 3.46. The molecule has 0 fully saturated rings. The molecule has 1 aromatic heterocycles. The van der Waals surface area contributed by atoms with Gasteiger partial charge in [0.05, 0.1) is 34.2 Å². The number of benzene rings is 2. The molecule has 10 heteroatoms. The van der Waals surface area contributed by atoms with E-state index in [1.165, 1.54) is 17.4 Å². The molecule has 31 heavy (non-hydrogen) atoms. The first-order valence-electron chi connectivity index (χ1n) is 9.13. The van der Waals surface area contributed by atoms with E-state index in [0.717, 1.165) is 17.7 Å². The van der Waals surface area contributed by atoms with Gasteiger partial charge in [0.2, 0.25) is 5.82 Å². The molecule has 0 spiro atoms. The zero-order valence-electron chi connectivity index (χ0n) is 16.1. The molecule has 4 rings (SSSR count). The fraction of sp³-hybridized carbons (Fsp3) is 0.143. The first-order chi connectivity index (χ1) is 14.9. The maximum Gasteiger partial charge on any atom is 0.341 e. The van der Waals surface area contributed by atoms with E-state index < -0.39 is 34.4 Å². The number of thiazole rings is 1. The number of urea groups is 1. The molecule has 2 aromatic carbocycles. The molecule has 0 aliphatic carbocycles. The quantitative estimate of drug-likeness (QED) is 0.469. The minimum absolute atomic E-state index is 0.385. The second kappa shape index (κ2) is 8.04. The van der Waals surface area contributed by atoms with Crippen LogP contribution in [0, 0.1) is 27.3 Å². The van der Waals surface area contributed by atoms with Crippen molar-refractivity contribution < 1.29 is 14.1 Å². The highest BCUT2D eigenvalue weighted by molar-refractivity contribution is 7.10. The number of nitro groups is 1. The smallest absolute Gasteiger partial charge is 0.328 e. The van der Waals surface area contributed by atoms with Crippen molar-refractivity contribution in [3.05, 3.63) is 79.9 Å². The van der Waals surface area contributed by atoms with Crippen LogP contribution in [0.1, 0.15) is 35.0 Å². The summed E-state index contributed by atoms with van der Waals surface area (Å²) in [6.45, 7) is 1.69. The van der Waals surface area contributed by atoms with Gasteiger partial charge in [-0.15, -0.1) is 11.3 Å². The van der Waals surface area contributed by atoms with E-state index in [1.54, 1.807) is 31.2 Å². The van der Waals surface area contributed by atoms with Crippen LogP contribution in [0.5, 0.6) is 0 Å². The molecule has 0 saturated heterocycles. The van der Waals surface area contributed by atoms with Crippen molar-refractivity contribution in [2.24, 2.45) is 4.99 Å². The number of nitriles is 1. The van der Waals surface area contributed by atoms with E-state index in [9.17, 15) is 19.3 Å². The first kappa shape index (κ1) is 20.3. The third-order valence-corrected chi connectivity index (χ3v) is 5.89. The van der Waals surface area contributed by atoms with Crippen molar-refractivity contribution in [3.63, 3.8) is 0 Å². The molecule has 8 nitrogen and oxygen atoms in total. The van der Waals surface area contributed by atoms with Crippen LogP contribution in [-0.4, -0.2) is 21.7 Å². The molecule has 0 bridgehead atoms. The minimum Gasteiger partial charge on any atom is -0.328 e. The molecular formula is C21H14FN5O3S. The number of nitrogens with one attached hydrogen (secondary N) is 1. The summed E-state index contributed by atoms with van der Waals surface area (Å²) in [7, 11) is 0. The van der Waals surface area contributed by atoms with Gasteiger partial charge in [-0.2, -0.15) is 9.65 Å². The summed E-state index contributed by atoms with van der Waals surface area (Å²) in [6, 6.07) is 11.3. The third-order valence-electron chi connectivity index (χ3n) is 4.96. The van der Waals surface area contributed by atoms with E-state index in [-0.39, 0.29) is 0 Å². The van der Waals surface area contributed by atoms with Crippen LogP contribution < -0.4 is 5.32 Å². The van der Waals surface area contributed by atoms with Crippen molar-refractivity contribution >= 4 is 28.8 Å². The topological polar surface area (TPSA) is 121 Å². The summed E-state index contributed by atoms with van der Waals surface area (Å²) in [4.78, 5) is 31.1. The van der Waals surface area contributed by atoms with Gasteiger partial charge in [0.15, 0.2) is 0 Å². The van der Waals surface area contributed by atoms with Gasteiger partial charge in [0, 0.05) is 22.7 Å². The molecule has 2 heterocycles. The Bertz CT molecular complexity index is 1260. The fourth-order valence-corrected chi connectivity index (χ4v) is 4.48. The van der Waals surface area contributed by atoms with Crippen LogP contribution in [0.25, 0.3) is 11.3 Å². The Morgan fingerprint density at radius 1 is 1.26 bits per heavy atom. The van der Waals surface area contributed by atoms with Crippen molar-refractivity contribution in [2.45, 2.75) is 18.9 Å². The molecule has 2 amide bonds. The number of hydrogen-bond donors (Lipinski definition) is 1. The number of nitro benzene ring substituents is 1. The van der Waals surface area contributed by atoms with Gasteiger partial charge in [0.25, 0.3) is 0 Å². The normalized spacial score (nSPS) is 18.1. The van der Waals surface area contributed by atoms with Crippen LogP contribution in [0.4, 0.5) is 14.9 Å². The summed E-state index contributed by atoms with van der Waals surface area (Å²) in [5.74, 6) is -1.42. The number of hydrogen-bond acceptors (Lipinski definition) is 6. The van der Waals surface area contributed by atoms with Crippen LogP contribution in [0.2, 0.25) is 0 Å². The molecule has 1 N–H and O–H groups in total. The Morgan fingerprint density at radius 3 is 2.68 bits per heavy atom. The lowest BCUT2D eigenvalue weighted by atomic mass is 9.88. The Morgan fingerprint density at radius 2 is 2.00 bits per heavy atom. The van der Waals surface area contributed by atoms with Crippen molar-refractivity contribution in [2.75, 3.05) is 0 Å². The lowest BCUT2D eigenvalue weighted by molar-refractivity contribution is -0.387. The van der Waals surface area contributed by atoms with Crippen molar-refractivity contribution in [3.8, 4) is 17.3 Å². The van der Waals surface area contributed by atoms with Gasteiger partial charge in [-0.1, -0.05) is 18.2 Å². The number of carbonyl (C=O) groups is 1. The minimum atomic E-state index is -0.949. The molecule has 2 unspecified atom stereocenters. The average molecular weight is 435 g/mol. The highest BCUT2D eigenvalue weighted by Crippen LogP contribution is 2.39. The number of rotatable bonds is 4. The van der Waals surface area contributed by atoms with Gasteiger partial charge in [-0.25, -0.2) is 14.8 Å². The third kappa shape index (κ3) is 3.91. The van der Waals surface area contributed by atoms with E-state index in [1.807, 2.05) is 5.38 Å². The number of nitrogens with zero attached hydrogens (tertiary/aromatic N) is 4. The van der Waals surface area contributed by atoms with Gasteiger partial charge in [-0.3, -0.25) is 10.1 Å². The largest absolute Gasteiger partial charge is 0.341 e. The molecule has 0 radical (unpaired) electrons. The highest BCUT2D eigenvalue weighted by Gasteiger charge is 2.36. The molecular weight excluding hydrogens is 421 g/mol. The van der Waals surface area contributed by atoms with Crippen molar-refractivity contribution in [1.82, 2.24) is 10.3 Å². The number of amides is 2. The monoisotopic (exact) mass is 435 g/mol. The lowest BCUT2D eigenvalue weighted by Gasteiger charge is -2.29. The summed E-state index contributed by atoms with van der Waals surface area (Å²) in [5, 5.41) is 25.3. The van der Waals surface area contributed by atoms with Crippen LogP contribution in [0.15, 0.2) is 52.8 Å². The van der Waals surface area contributed by atoms with E-state index in [0.29, 0.717) is 27.5 Å². The maximum absolute atomic E-state index is 13.8. The summed E-state index contributed by atoms with van der Waals surface area (Å²) < 4.78 is 13.8. The molecule has 2 atom stereocenters. The van der Waals surface area contributed by atoms with E-state index in [2.05, 4.69) is 21.4 Å². The van der Waals surface area contributed by atoms with Crippen LogP contribution in [0.3, 0.4) is 0 Å². The number of aliphatic imine (C=N–C) groups is 1. The standard InChI is InChI=1S/C21H14FN5O3S/c1-11-18(20-25-16(10-31-20)13-4-2-12(9-23)3-5-13)19(26-21(28)24-11)14-6-7-15(22)17(8-14)27(29)30/h2-8,10,18-19H,1H3,(H,26,28). The summed E-state index contributed by atoms with van der Waals surface area (Å²) in [6.07, 6.45) is 0. The predicted molar refractivity (Wildman–Crippen MR) is 112 cm³/mol. The average Bonchev–Trinajstić information content (AvgIpc) is 3.23. The SMILES string of the molecule is CC1=NC(=O)NC(c2ccc(F)c([N+](=O)[O-])c2)C1c1nc(-c2ccc(C#N)cc2)cs1. The first-order valence-corrected chi connectivity index (χ1v) is 10.0. The summed E-state index contributed by atoms with van der Waals surface area (Å²) >= 11 is 1.36. The van der Waals surface area contributed by atoms with E-state index in [4.69, 9.17) is 5.26 Å². The van der Waals surface area contributed by atoms with Crippen molar-refractivity contribution in [1.29, 1.82) is 5.26 Å². The second-order valence-electron chi connectivity index (χ2n) is 6.89. The Kier molecular flexibility index (Phi) is 5.27. The molecule has 0 saturated carbocycles. The van der Waals surface area contributed by atoms with Gasteiger partial charge in [0.1, 0.15) is 5.01 Å². The summed E-state index contributed by atoms with van der Waals surface area (Å²) in [5.41, 5.74) is 2.28. The molecule has 3 aromatic rings. The molecule has 154 valence electrons. The zero-order valence-corrected chi connectivity index (χ0v) is 16.9. The Balaban J connectivity index is 1.74. The highest BCUT2D eigenvalue weighted by atomic mass is 32.1. The van der Waals surface area contributed by atoms with Crippen LogP contribution in [-0.2, 0) is 0 Å².